The minimum Gasteiger partial charge on any atom is -0.550 e. The van der Waals surface area contributed by atoms with Crippen LogP contribution in [0.15, 0.2) is 12.2 Å². The van der Waals surface area contributed by atoms with E-state index in [1.165, 1.54) is 6.08 Å². The van der Waals surface area contributed by atoms with Gasteiger partial charge in [-0.3, -0.25) is 4.79 Å². The molecule has 20 heavy (non-hydrogen) atoms. The van der Waals surface area contributed by atoms with Gasteiger partial charge in [0, 0.05) is 24.9 Å². The molecule has 1 unspecified atom stereocenters. The molecule has 0 aromatic heterocycles. The lowest BCUT2D eigenvalue weighted by atomic mass is 10.2. The average Bonchev–Trinajstić information content (AvgIpc) is 2.20. The van der Waals surface area contributed by atoms with E-state index in [1.807, 2.05) is 21.1 Å². The molecule has 114 valence electrons. The second-order valence-electron chi connectivity index (χ2n) is 5.44. The highest BCUT2D eigenvalue weighted by Gasteiger charge is 2.21. The standard InChI is InChI=1S/C13H21NO6/c1-14(2,3)9-10(8-12(17)18)20-13(19)7-5-4-6-11(15)16/h5,7,10H,4,6,8-9H2,1-3H3,(H-,15,16,17,18)/b7-5+. The Morgan fingerprint density at radius 3 is 2.35 bits per heavy atom. The van der Waals surface area contributed by atoms with E-state index < -0.39 is 24.0 Å². The Hall–Kier alpha value is -1.89. The number of allylic oxidation sites excluding steroid dienone is 1. The van der Waals surface area contributed by atoms with Gasteiger partial charge in [0.15, 0.2) is 6.10 Å². The van der Waals surface area contributed by atoms with Crippen LogP contribution in [-0.4, -0.2) is 61.3 Å². The van der Waals surface area contributed by atoms with Crippen LogP contribution in [-0.2, 0) is 19.1 Å². The number of aliphatic carboxylic acids is 2. The molecular formula is C13H21NO6. The van der Waals surface area contributed by atoms with Crippen LogP contribution < -0.4 is 5.11 Å². The fourth-order valence-corrected chi connectivity index (χ4v) is 1.53. The van der Waals surface area contributed by atoms with E-state index in [9.17, 15) is 19.5 Å². The van der Waals surface area contributed by atoms with Crippen molar-refractivity contribution in [2.24, 2.45) is 0 Å². The predicted molar refractivity (Wildman–Crippen MR) is 68.4 cm³/mol. The largest absolute Gasteiger partial charge is 0.550 e. The first-order valence-corrected chi connectivity index (χ1v) is 6.19. The van der Waals surface area contributed by atoms with E-state index in [1.54, 1.807) is 0 Å². The van der Waals surface area contributed by atoms with Crippen molar-refractivity contribution >= 4 is 17.9 Å². The fourth-order valence-electron chi connectivity index (χ4n) is 1.53. The molecular weight excluding hydrogens is 266 g/mol. The second kappa shape index (κ2) is 8.31. The van der Waals surface area contributed by atoms with Crippen molar-refractivity contribution < 1.29 is 33.8 Å². The summed E-state index contributed by atoms with van der Waals surface area (Å²) in [5, 5.41) is 19.0. The molecule has 0 radical (unpaired) electrons. The van der Waals surface area contributed by atoms with Crippen LogP contribution in [0.25, 0.3) is 0 Å². The van der Waals surface area contributed by atoms with Gasteiger partial charge < -0.3 is 24.2 Å². The molecule has 7 nitrogen and oxygen atoms in total. The van der Waals surface area contributed by atoms with Gasteiger partial charge in [-0.1, -0.05) is 6.08 Å². The monoisotopic (exact) mass is 287 g/mol. The number of hydrogen-bond acceptors (Lipinski definition) is 5. The van der Waals surface area contributed by atoms with Crippen LogP contribution >= 0.6 is 0 Å². The second-order valence-corrected chi connectivity index (χ2v) is 5.44. The van der Waals surface area contributed by atoms with Gasteiger partial charge in [0.25, 0.3) is 0 Å². The highest BCUT2D eigenvalue weighted by molar-refractivity contribution is 5.82. The number of carbonyl (C=O) groups excluding carboxylic acids is 2. The third-order valence-corrected chi connectivity index (χ3v) is 2.21. The smallest absolute Gasteiger partial charge is 0.330 e. The van der Waals surface area contributed by atoms with Crippen LogP contribution in [0.2, 0.25) is 0 Å². The molecule has 0 spiro atoms. The zero-order valence-corrected chi connectivity index (χ0v) is 12.0. The van der Waals surface area contributed by atoms with Gasteiger partial charge in [0.1, 0.15) is 6.54 Å². The van der Waals surface area contributed by atoms with Crippen LogP contribution in [0.4, 0.5) is 0 Å². The lowest BCUT2D eigenvalue weighted by Crippen LogP contribution is -2.45. The van der Waals surface area contributed by atoms with Crippen molar-refractivity contribution in [3.8, 4) is 0 Å². The number of rotatable bonds is 9. The zero-order chi connectivity index (χ0) is 15.8. The molecule has 7 heteroatoms. The van der Waals surface area contributed by atoms with Crippen molar-refractivity contribution in [2.45, 2.75) is 25.4 Å². The molecule has 1 N–H and O–H groups in total. The van der Waals surface area contributed by atoms with Crippen LogP contribution in [0.1, 0.15) is 19.3 Å². The first-order chi connectivity index (χ1) is 9.10. The Morgan fingerprint density at radius 1 is 1.30 bits per heavy atom. The molecule has 1 atom stereocenters. The number of quaternary nitrogens is 1. The Kier molecular flexibility index (Phi) is 7.53. The normalized spacial score (nSPS) is 13.2. The van der Waals surface area contributed by atoms with Gasteiger partial charge in [0.2, 0.25) is 0 Å². The summed E-state index contributed by atoms with van der Waals surface area (Å²) in [6, 6.07) is 0. The topological polar surface area (TPSA) is 104 Å². The van der Waals surface area contributed by atoms with E-state index in [-0.39, 0.29) is 19.3 Å². The molecule has 0 aliphatic heterocycles. The highest BCUT2D eigenvalue weighted by atomic mass is 16.5. The van der Waals surface area contributed by atoms with Gasteiger partial charge in [-0.15, -0.1) is 0 Å². The van der Waals surface area contributed by atoms with E-state index in [0.717, 1.165) is 6.08 Å². The lowest BCUT2D eigenvalue weighted by Gasteiger charge is -2.29. The first-order valence-electron chi connectivity index (χ1n) is 6.19. The minimum absolute atomic E-state index is 0.0782. The molecule has 0 saturated heterocycles. The highest BCUT2D eigenvalue weighted by Crippen LogP contribution is 2.05. The van der Waals surface area contributed by atoms with Gasteiger partial charge in [-0.25, -0.2) is 4.79 Å². The van der Waals surface area contributed by atoms with Crippen molar-refractivity contribution in [2.75, 3.05) is 27.7 Å². The summed E-state index contributed by atoms with van der Waals surface area (Å²) < 4.78 is 5.47. The Balaban J connectivity index is 4.38. The summed E-state index contributed by atoms with van der Waals surface area (Å²) in [6.45, 7) is 0.336. The maximum absolute atomic E-state index is 11.5. The molecule has 0 heterocycles. The molecule has 0 aromatic carbocycles. The number of carboxylic acid groups (broad SMARTS) is 2. The Morgan fingerprint density at radius 2 is 1.90 bits per heavy atom. The number of nitrogens with zero attached hydrogens (tertiary/aromatic N) is 1. The third-order valence-electron chi connectivity index (χ3n) is 2.21. The summed E-state index contributed by atoms with van der Waals surface area (Å²) >= 11 is 0. The quantitative estimate of drug-likeness (QED) is 0.337. The Labute approximate surface area is 118 Å². The van der Waals surface area contributed by atoms with Gasteiger partial charge in [0.05, 0.1) is 21.1 Å². The molecule has 0 aliphatic carbocycles. The van der Waals surface area contributed by atoms with Crippen molar-refractivity contribution in [3.63, 3.8) is 0 Å². The summed E-state index contributed by atoms with van der Waals surface area (Å²) in [6.07, 6.45) is 1.48. The van der Waals surface area contributed by atoms with E-state index >= 15 is 0 Å². The molecule has 0 aliphatic rings. The predicted octanol–water partition coefficient (Wildman–Crippen LogP) is -0.835. The zero-order valence-electron chi connectivity index (χ0n) is 12.0. The number of hydrogen-bond donors (Lipinski definition) is 1. The molecule has 0 fully saturated rings. The van der Waals surface area contributed by atoms with Crippen molar-refractivity contribution in [3.05, 3.63) is 12.2 Å². The van der Waals surface area contributed by atoms with Crippen molar-refractivity contribution in [1.82, 2.24) is 0 Å². The minimum atomic E-state index is -1.29. The molecule has 0 bridgehead atoms. The maximum Gasteiger partial charge on any atom is 0.330 e. The number of likely N-dealkylation sites (N-methyl/N-ethyl adjacent to an activating group) is 1. The summed E-state index contributed by atoms with van der Waals surface area (Å²) in [7, 11) is 5.54. The fraction of sp³-hybridized carbons (Fsp3) is 0.615. The van der Waals surface area contributed by atoms with Gasteiger partial charge in [-0.2, -0.15) is 0 Å². The van der Waals surface area contributed by atoms with E-state index in [2.05, 4.69) is 0 Å². The number of carbonyl (C=O) groups is 3. The average molecular weight is 287 g/mol. The molecule has 0 aromatic rings. The summed E-state index contributed by atoms with van der Waals surface area (Å²) in [4.78, 5) is 32.4. The van der Waals surface area contributed by atoms with Gasteiger partial charge >= 0.3 is 11.9 Å². The van der Waals surface area contributed by atoms with E-state index in [0.29, 0.717) is 11.0 Å². The van der Waals surface area contributed by atoms with Gasteiger partial charge in [-0.05, 0) is 6.42 Å². The lowest BCUT2D eigenvalue weighted by molar-refractivity contribution is -0.873. The van der Waals surface area contributed by atoms with E-state index in [4.69, 9.17) is 9.84 Å². The first kappa shape index (κ1) is 18.1. The summed E-state index contributed by atoms with van der Waals surface area (Å²) in [5.41, 5.74) is 0. The van der Waals surface area contributed by atoms with Crippen LogP contribution in [0, 0.1) is 0 Å². The molecule has 0 saturated carbocycles. The third kappa shape index (κ3) is 11.2. The Bertz CT molecular complexity index is 383. The molecule has 0 rings (SSSR count). The maximum atomic E-state index is 11.5. The van der Waals surface area contributed by atoms with Crippen LogP contribution in [0.3, 0.4) is 0 Å². The van der Waals surface area contributed by atoms with Crippen molar-refractivity contribution in [1.29, 1.82) is 0 Å². The molecule has 0 amide bonds. The summed E-state index contributed by atoms with van der Waals surface area (Å²) in [5.74, 6) is -2.93. The number of ether oxygens (including phenoxy) is 1. The SMILES string of the molecule is C[N+](C)(C)CC(CC(=O)[O-])OC(=O)/C=C/CCC(=O)O. The van der Waals surface area contributed by atoms with Crippen LogP contribution in [0.5, 0.6) is 0 Å². The number of esters is 1. The number of carboxylic acids is 2.